The van der Waals surface area contributed by atoms with E-state index in [9.17, 15) is 4.39 Å². The van der Waals surface area contributed by atoms with Crippen LogP contribution in [0, 0.1) is 5.82 Å². The van der Waals surface area contributed by atoms with Gasteiger partial charge in [0.2, 0.25) is 0 Å². The molecule has 1 rings (SSSR count). The molecule has 1 aromatic rings. The van der Waals surface area contributed by atoms with Crippen LogP contribution in [0.25, 0.3) is 0 Å². The molecule has 0 saturated carbocycles. The summed E-state index contributed by atoms with van der Waals surface area (Å²) in [6.07, 6.45) is 1.40. The Morgan fingerprint density at radius 1 is 1.39 bits per heavy atom. The van der Waals surface area contributed by atoms with Crippen LogP contribution >= 0.6 is 0 Å². The van der Waals surface area contributed by atoms with Crippen molar-refractivity contribution in [1.82, 2.24) is 0 Å². The lowest BCUT2D eigenvalue weighted by Crippen LogP contribution is -2.23. The van der Waals surface area contributed by atoms with Crippen LogP contribution in [-0.2, 0) is 11.2 Å². The second-order valence-electron chi connectivity index (χ2n) is 4.46. The van der Waals surface area contributed by atoms with Crippen molar-refractivity contribution < 1.29 is 13.9 Å². The summed E-state index contributed by atoms with van der Waals surface area (Å²) in [6.45, 7) is 4.21. The van der Waals surface area contributed by atoms with E-state index in [0.29, 0.717) is 18.8 Å². The number of hydrogen-bond donors (Lipinski definition) is 1. The molecule has 1 aromatic carbocycles. The van der Waals surface area contributed by atoms with Crippen molar-refractivity contribution >= 4 is 0 Å². The highest BCUT2D eigenvalue weighted by molar-refractivity contribution is 5.35. The Labute approximate surface area is 108 Å². The minimum absolute atomic E-state index is 0.0222. The fourth-order valence-corrected chi connectivity index (χ4v) is 1.57. The zero-order valence-electron chi connectivity index (χ0n) is 11.3. The molecule has 0 saturated heterocycles. The van der Waals surface area contributed by atoms with Gasteiger partial charge in [0.05, 0.1) is 6.10 Å². The standard InChI is InChI=1S/C14H22FNO2/c1-4-12(16)8-11-6-5-7-13(15)14(11)18-9-10(2)17-3/h5-7,10,12H,4,8-9,16H2,1-3H3. The number of methoxy groups -OCH3 is 1. The monoisotopic (exact) mass is 255 g/mol. The zero-order valence-corrected chi connectivity index (χ0v) is 11.3. The highest BCUT2D eigenvalue weighted by Crippen LogP contribution is 2.24. The zero-order chi connectivity index (χ0) is 13.5. The third kappa shape index (κ3) is 4.27. The smallest absolute Gasteiger partial charge is 0.165 e. The first-order valence-corrected chi connectivity index (χ1v) is 6.27. The van der Waals surface area contributed by atoms with Gasteiger partial charge in [-0.2, -0.15) is 0 Å². The number of hydrogen-bond acceptors (Lipinski definition) is 3. The van der Waals surface area contributed by atoms with Crippen LogP contribution in [0.15, 0.2) is 18.2 Å². The molecule has 0 bridgehead atoms. The summed E-state index contributed by atoms with van der Waals surface area (Å²) < 4.78 is 24.3. The predicted molar refractivity (Wildman–Crippen MR) is 70.3 cm³/mol. The predicted octanol–water partition coefficient (Wildman–Crippen LogP) is 2.52. The fraction of sp³-hybridized carbons (Fsp3) is 0.571. The molecule has 0 aromatic heterocycles. The molecule has 0 radical (unpaired) electrons. The van der Waals surface area contributed by atoms with E-state index in [-0.39, 0.29) is 18.0 Å². The van der Waals surface area contributed by atoms with E-state index < -0.39 is 0 Å². The summed E-state index contributed by atoms with van der Waals surface area (Å²) in [7, 11) is 1.60. The van der Waals surface area contributed by atoms with E-state index in [1.165, 1.54) is 6.07 Å². The van der Waals surface area contributed by atoms with Crippen molar-refractivity contribution in [3.8, 4) is 5.75 Å². The molecule has 0 fully saturated rings. The number of ether oxygens (including phenoxy) is 2. The number of halogens is 1. The molecule has 0 aliphatic carbocycles. The Kier molecular flexibility index (Phi) is 6.09. The minimum atomic E-state index is -0.348. The normalized spacial score (nSPS) is 14.3. The Hall–Kier alpha value is -1.13. The molecule has 0 amide bonds. The number of benzene rings is 1. The van der Waals surface area contributed by atoms with Gasteiger partial charge in [0.25, 0.3) is 0 Å². The maximum Gasteiger partial charge on any atom is 0.165 e. The molecule has 0 aliphatic rings. The van der Waals surface area contributed by atoms with E-state index in [1.807, 2.05) is 19.9 Å². The van der Waals surface area contributed by atoms with Gasteiger partial charge in [-0.25, -0.2) is 4.39 Å². The quantitative estimate of drug-likeness (QED) is 0.814. The maximum atomic E-state index is 13.8. The highest BCUT2D eigenvalue weighted by Gasteiger charge is 2.13. The summed E-state index contributed by atoms with van der Waals surface area (Å²) in [4.78, 5) is 0. The van der Waals surface area contributed by atoms with Gasteiger partial charge in [0, 0.05) is 13.2 Å². The molecular formula is C14H22FNO2. The van der Waals surface area contributed by atoms with Crippen molar-refractivity contribution in [2.24, 2.45) is 5.73 Å². The lowest BCUT2D eigenvalue weighted by molar-refractivity contribution is 0.0697. The molecule has 2 N–H and O–H groups in total. The van der Waals surface area contributed by atoms with Gasteiger partial charge in [-0.15, -0.1) is 0 Å². The average Bonchev–Trinajstić information content (AvgIpc) is 2.37. The molecule has 0 heterocycles. The Balaban J connectivity index is 2.80. The van der Waals surface area contributed by atoms with Crippen molar-refractivity contribution in [2.75, 3.05) is 13.7 Å². The largest absolute Gasteiger partial charge is 0.488 e. The number of rotatable bonds is 7. The molecule has 2 unspecified atom stereocenters. The third-order valence-electron chi connectivity index (χ3n) is 2.92. The van der Waals surface area contributed by atoms with Gasteiger partial charge in [0.1, 0.15) is 6.61 Å². The van der Waals surface area contributed by atoms with Gasteiger partial charge in [-0.05, 0) is 31.4 Å². The Bertz CT molecular complexity index is 371. The number of nitrogens with two attached hydrogens (primary N) is 1. The minimum Gasteiger partial charge on any atom is -0.488 e. The SMILES string of the molecule is CCC(N)Cc1cccc(F)c1OCC(C)OC. The summed E-state index contributed by atoms with van der Waals surface area (Å²) in [5.41, 5.74) is 6.72. The maximum absolute atomic E-state index is 13.8. The van der Waals surface area contributed by atoms with Crippen LogP contribution < -0.4 is 10.5 Å². The topological polar surface area (TPSA) is 44.5 Å². The summed E-state index contributed by atoms with van der Waals surface area (Å²) in [5.74, 6) is -0.0515. The van der Waals surface area contributed by atoms with Gasteiger partial charge in [-0.3, -0.25) is 0 Å². The van der Waals surface area contributed by atoms with Crippen LogP contribution in [0.5, 0.6) is 5.75 Å². The van der Waals surface area contributed by atoms with Gasteiger partial charge < -0.3 is 15.2 Å². The first-order valence-electron chi connectivity index (χ1n) is 6.27. The first kappa shape index (κ1) is 14.9. The molecule has 102 valence electrons. The third-order valence-corrected chi connectivity index (χ3v) is 2.92. The summed E-state index contributed by atoms with van der Waals surface area (Å²) in [6, 6.07) is 4.95. The van der Waals surface area contributed by atoms with Gasteiger partial charge >= 0.3 is 0 Å². The van der Waals surface area contributed by atoms with Crippen molar-refractivity contribution in [1.29, 1.82) is 0 Å². The van der Waals surface area contributed by atoms with E-state index in [4.69, 9.17) is 15.2 Å². The number of para-hydroxylation sites is 1. The average molecular weight is 255 g/mol. The summed E-state index contributed by atoms with van der Waals surface area (Å²) >= 11 is 0. The van der Waals surface area contributed by atoms with Crippen LogP contribution in [0.4, 0.5) is 4.39 Å². The van der Waals surface area contributed by atoms with Gasteiger partial charge in [-0.1, -0.05) is 19.1 Å². The molecule has 0 aliphatic heterocycles. The Morgan fingerprint density at radius 3 is 2.72 bits per heavy atom. The van der Waals surface area contributed by atoms with E-state index in [2.05, 4.69) is 0 Å². The molecule has 4 heteroatoms. The highest BCUT2D eigenvalue weighted by atomic mass is 19.1. The first-order chi connectivity index (χ1) is 8.58. The lowest BCUT2D eigenvalue weighted by Gasteiger charge is -2.17. The Morgan fingerprint density at radius 2 is 2.11 bits per heavy atom. The van der Waals surface area contributed by atoms with Crippen molar-refractivity contribution in [2.45, 2.75) is 38.8 Å². The van der Waals surface area contributed by atoms with Crippen molar-refractivity contribution in [3.63, 3.8) is 0 Å². The molecule has 18 heavy (non-hydrogen) atoms. The van der Waals surface area contributed by atoms with Crippen LogP contribution in [-0.4, -0.2) is 25.9 Å². The van der Waals surface area contributed by atoms with E-state index in [0.717, 1.165) is 12.0 Å². The van der Waals surface area contributed by atoms with Gasteiger partial charge in [0.15, 0.2) is 11.6 Å². The van der Waals surface area contributed by atoms with Crippen LogP contribution in [0.3, 0.4) is 0 Å². The second kappa shape index (κ2) is 7.34. The van der Waals surface area contributed by atoms with Crippen LogP contribution in [0.2, 0.25) is 0 Å². The molecular weight excluding hydrogens is 233 g/mol. The molecule has 3 nitrogen and oxygen atoms in total. The molecule has 2 atom stereocenters. The second-order valence-corrected chi connectivity index (χ2v) is 4.46. The van der Waals surface area contributed by atoms with Crippen molar-refractivity contribution in [3.05, 3.63) is 29.6 Å². The lowest BCUT2D eigenvalue weighted by atomic mass is 10.0. The van der Waals surface area contributed by atoms with E-state index in [1.54, 1.807) is 13.2 Å². The summed E-state index contributed by atoms with van der Waals surface area (Å²) in [5, 5.41) is 0. The molecule has 0 spiro atoms. The van der Waals surface area contributed by atoms with E-state index >= 15 is 0 Å². The van der Waals surface area contributed by atoms with Crippen LogP contribution in [0.1, 0.15) is 25.8 Å². The fourth-order valence-electron chi connectivity index (χ4n) is 1.57.